The Kier molecular flexibility index (Phi) is 2.60. The van der Waals surface area contributed by atoms with Gasteiger partial charge in [-0.1, -0.05) is 0 Å². The molecule has 0 aromatic carbocycles. The fraction of sp³-hybridized carbons (Fsp3) is 0.889. The maximum absolute atomic E-state index is 11.4. The van der Waals surface area contributed by atoms with Crippen LogP contribution < -0.4 is 5.73 Å². The van der Waals surface area contributed by atoms with E-state index >= 15 is 0 Å². The number of hydrogen-bond acceptors (Lipinski definition) is 4. The van der Waals surface area contributed by atoms with Crippen molar-refractivity contribution in [3.63, 3.8) is 0 Å². The predicted molar refractivity (Wildman–Crippen MR) is 49.9 cm³/mol. The molecule has 2 aliphatic heterocycles. The molecular formula is C9H16N2O3. The molecule has 14 heavy (non-hydrogen) atoms. The lowest BCUT2D eigenvalue weighted by atomic mass is 9.94. The lowest BCUT2D eigenvalue weighted by Gasteiger charge is -2.30. The van der Waals surface area contributed by atoms with Crippen molar-refractivity contribution >= 4 is 6.09 Å². The van der Waals surface area contributed by atoms with E-state index in [-0.39, 0.29) is 11.7 Å². The van der Waals surface area contributed by atoms with E-state index in [0.717, 1.165) is 12.8 Å². The van der Waals surface area contributed by atoms with Gasteiger partial charge in [0.1, 0.15) is 5.60 Å². The van der Waals surface area contributed by atoms with Gasteiger partial charge in [-0.05, 0) is 0 Å². The van der Waals surface area contributed by atoms with Gasteiger partial charge in [0.2, 0.25) is 0 Å². The Morgan fingerprint density at radius 1 is 1.43 bits per heavy atom. The molecular weight excluding hydrogens is 184 g/mol. The van der Waals surface area contributed by atoms with Gasteiger partial charge in [-0.25, -0.2) is 4.79 Å². The number of ether oxygens (including phenoxy) is 2. The molecule has 2 fully saturated rings. The van der Waals surface area contributed by atoms with Crippen LogP contribution in [0.5, 0.6) is 0 Å². The monoisotopic (exact) mass is 200 g/mol. The Hall–Kier alpha value is -0.810. The summed E-state index contributed by atoms with van der Waals surface area (Å²) in [7, 11) is 0. The first kappa shape index (κ1) is 9.73. The average molecular weight is 200 g/mol. The third-order valence-electron chi connectivity index (χ3n) is 2.84. The zero-order valence-corrected chi connectivity index (χ0v) is 8.20. The van der Waals surface area contributed by atoms with Gasteiger partial charge in [0, 0.05) is 25.9 Å². The standard InChI is InChI=1S/C9H16N2O3/c10-3-4-11-7-9(14-8(11)12)1-5-13-6-2-9/h1-7,10H2. The first-order chi connectivity index (χ1) is 6.76. The van der Waals surface area contributed by atoms with Crippen molar-refractivity contribution in [2.45, 2.75) is 18.4 Å². The lowest BCUT2D eigenvalue weighted by molar-refractivity contribution is -0.0437. The van der Waals surface area contributed by atoms with E-state index < -0.39 is 0 Å². The first-order valence-electron chi connectivity index (χ1n) is 5.01. The molecule has 2 saturated heterocycles. The summed E-state index contributed by atoms with van der Waals surface area (Å²) in [5, 5.41) is 0. The SMILES string of the molecule is NCCN1CC2(CCOCC2)OC1=O. The highest BCUT2D eigenvalue weighted by molar-refractivity contribution is 5.70. The summed E-state index contributed by atoms with van der Waals surface area (Å²) in [5.41, 5.74) is 5.13. The molecule has 1 amide bonds. The van der Waals surface area contributed by atoms with Gasteiger partial charge in [-0.3, -0.25) is 0 Å². The van der Waals surface area contributed by atoms with Crippen molar-refractivity contribution < 1.29 is 14.3 Å². The Morgan fingerprint density at radius 3 is 2.79 bits per heavy atom. The van der Waals surface area contributed by atoms with Crippen LogP contribution in [0.4, 0.5) is 4.79 Å². The van der Waals surface area contributed by atoms with Gasteiger partial charge in [-0.15, -0.1) is 0 Å². The Morgan fingerprint density at radius 2 is 2.14 bits per heavy atom. The lowest BCUT2D eigenvalue weighted by Crippen LogP contribution is -2.40. The van der Waals surface area contributed by atoms with Crippen LogP contribution in [-0.2, 0) is 9.47 Å². The van der Waals surface area contributed by atoms with Gasteiger partial charge >= 0.3 is 6.09 Å². The van der Waals surface area contributed by atoms with Gasteiger partial charge in [0.15, 0.2) is 0 Å². The highest BCUT2D eigenvalue weighted by Gasteiger charge is 2.45. The molecule has 0 saturated carbocycles. The summed E-state index contributed by atoms with van der Waals surface area (Å²) in [5.74, 6) is 0. The van der Waals surface area contributed by atoms with Crippen molar-refractivity contribution in [3.8, 4) is 0 Å². The van der Waals surface area contributed by atoms with E-state index in [4.69, 9.17) is 15.2 Å². The summed E-state index contributed by atoms with van der Waals surface area (Å²) in [6.07, 6.45) is 1.39. The number of hydrogen-bond donors (Lipinski definition) is 1. The molecule has 80 valence electrons. The van der Waals surface area contributed by atoms with Gasteiger partial charge < -0.3 is 20.1 Å². The minimum atomic E-state index is -0.287. The molecule has 2 heterocycles. The van der Waals surface area contributed by atoms with E-state index in [2.05, 4.69) is 0 Å². The van der Waals surface area contributed by atoms with E-state index in [1.807, 2.05) is 0 Å². The molecule has 2 N–H and O–H groups in total. The average Bonchev–Trinajstić information content (AvgIpc) is 2.45. The van der Waals surface area contributed by atoms with Gasteiger partial charge in [-0.2, -0.15) is 0 Å². The molecule has 0 bridgehead atoms. The molecule has 0 unspecified atom stereocenters. The predicted octanol–water partition coefficient (Wildman–Crippen LogP) is -0.0535. The maximum atomic E-state index is 11.4. The van der Waals surface area contributed by atoms with Gasteiger partial charge in [0.25, 0.3) is 0 Å². The van der Waals surface area contributed by atoms with Crippen molar-refractivity contribution in [1.82, 2.24) is 4.90 Å². The van der Waals surface area contributed by atoms with Crippen LogP contribution >= 0.6 is 0 Å². The van der Waals surface area contributed by atoms with Crippen LogP contribution in [0.25, 0.3) is 0 Å². The molecule has 0 aromatic heterocycles. The number of nitrogens with two attached hydrogens (primary N) is 1. The number of amides is 1. The van der Waals surface area contributed by atoms with Crippen LogP contribution in [-0.4, -0.2) is 49.4 Å². The quantitative estimate of drug-likeness (QED) is 0.678. The van der Waals surface area contributed by atoms with Crippen LogP contribution in [0.1, 0.15) is 12.8 Å². The number of carbonyl (C=O) groups is 1. The second kappa shape index (κ2) is 3.74. The second-order valence-electron chi connectivity index (χ2n) is 3.87. The van der Waals surface area contributed by atoms with E-state index in [9.17, 15) is 4.79 Å². The topological polar surface area (TPSA) is 64.8 Å². The zero-order chi connectivity index (χ0) is 10.0. The smallest absolute Gasteiger partial charge is 0.410 e. The second-order valence-corrected chi connectivity index (χ2v) is 3.87. The van der Waals surface area contributed by atoms with E-state index in [1.54, 1.807) is 4.90 Å². The fourth-order valence-corrected chi connectivity index (χ4v) is 2.02. The summed E-state index contributed by atoms with van der Waals surface area (Å²) < 4.78 is 10.7. The fourth-order valence-electron chi connectivity index (χ4n) is 2.02. The zero-order valence-electron chi connectivity index (χ0n) is 8.20. The Balaban J connectivity index is 1.99. The third kappa shape index (κ3) is 1.69. The summed E-state index contributed by atoms with van der Waals surface area (Å²) in [6, 6.07) is 0. The first-order valence-corrected chi connectivity index (χ1v) is 5.01. The van der Waals surface area contributed by atoms with E-state index in [1.165, 1.54) is 0 Å². The molecule has 5 heteroatoms. The Labute approximate surface area is 83.1 Å². The molecule has 5 nitrogen and oxygen atoms in total. The van der Waals surface area contributed by atoms with Crippen molar-refractivity contribution in [3.05, 3.63) is 0 Å². The number of rotatable bonds is 2. The third-order valence-corrected chi connectivity index (χ3v) is 2.84. The molecule has 2 aliphatic rings. The van der Waals surface area contributed by atoms with Crippen molar-refractivity contribution in [1.29, 1.82) is 0 Å². The minimum absolute atomic E-state index is 0.225. The van der Waals surface area contributed by atoms with Crippen LogP contribution in [0.3, 0.4) is 0 Å². The van der Waals surface area contributed by atoms with Crippen LogP contribution in [0, 0.1) is 0 Å². The summed E-state index contributed by atoms with van der Waals surface area (Å²) >= 11 is 0. The minimum Gasteiger partial charge on any atom is -0.441 e. The molecule has 0 radical (unpaired) electrons. The van der Waals surface area contributed by atoms with Crippen LogP contribution in [0.15, 0.2) is 0 Å². The van der Waals surface area contributed by atoms with Crippen molar-refractivity contribution in [2.75, 3.05) is 32.8 Å². The maximum Gasteiger partial charge on any atom is 0.410 e. The normalized spacial score (nSPS) is 25.5. The molecule has 0 aromatic rings. The highest BCUT2D eigenvalue weighted by Crippen LogP contribution is 2.31. The molecule has 1 spiro atoms. The van der Waals surface area contributed by atoms with Gasteiger partial charge in [0.05, 0.1) is 19.8 Å². The molecule has 2 rings (SSSR count). The van der Waals surface area contributed by atoms with E-state index in [0.29, 0.717) is 32.8 Å². The summed E-state index contributed by atoms with van der Waals surface area (Å²) in [6.45, 7) is 3.11. The van der Waals surface area contributed by atoms with Crippen molar-refractivity contribution in [2.24, 2.45) is 5.73 Å². The Bertz CT molecular complexity index is 226. The number of carbonyl (C=O) groups excluding carboxylic acids is 1. The summed E-state index contributed by atoms with van der Waals surface area (Å²) in [4.78, 5) is 13.1. The number of nitrogens with zero attached hydrogens (tertiary/aromatic N) is 1. The highest BCUT2D eigenvalue weighted by atomic mass is 16.6. The van der Waals surface area contributed by atoms with Crippen LogP contribution in [0.2, 0.25) is 0 Å². The molecule has 0 aliphatic carbocycles. The molecule has 0 atom stereocenters. The largest absolute Gasteiger partial charge is 0.441 e.